The van der Waals surface area contributed by atoms with Crippen molar-refractivity contribution in [3.05, 3.63) is 67.6 Å². The van der Waals surface area contributed by atoms with Gasteiger partial charge in [0, 0.05) is 28.8 Å². The molecule has 0 fully saturated rings. The van der Waals surface area contributed by atoms with E-state index in [1.54, 1.807) is 6.07 Å². The highest BCUT2D eigenvalue weighted by molar-refractivity contribution is 9.10. The van der Waals surface area contributed by atoms with Crippen molar-refractivity contribution in [1.82, 2.24) is 0 Å². The molecular weight excluding hydrogens is 332 g/mol. The van der Waals surface area contributed by atoms with Gasteiger partial charge in [-0.2, -0.15) is 0 Å². The highest BCUT2D eigenvalue weighted by Gasteiger charge is 2.09. The predicted molar refractivity (Wildman–Crippen MR) is 79.6 cm³/mol. The standard InChI is InChI=1S/C13H10BrClN2O2/c14-10-2-1-3-11(6-10)16-8-9-4-5-12(17(18)19)7-13(9)15/h1-7,16H,8H2. The maximum Gasteiger partial charge on any atom is 0.270 e. The van der Waals surface area contributed by atoms with Crippen LogP contribution in [-0.4, -0.2) is 4.92 Å². The SMILES string of the molecule is O=[N+]([O-])c1ccc(CNc2cccc(Br)c2)c(Cl)c1. The molecule has 0 saturated heterocycles. The number of nitro groups is 1. The lowest BCUT2D eigenvalue weighted by molar-refractivity contribution is -0.384. The summed E-state index contributed by atoms with van der Waals surface area (Å²) in [5.74, 6) is 0. The van der Waals surface area contributed by atoms with E-state index in [2.05, 4.69) is 21.2 Å². The van der Waals surface area contributed by atoms with Gasteiger partial charge in [0.1, 0.15) is 0 Å². The fraction of sp³-hybridized carbons (Fsp3) is 0.0769. The molecule has 0 saturated carbocycles. The topological polar surface area (TPSA) is 55.2 Å². The summed E-state index contributed by atoms with van der Waals surface area (Å²) in [5, 5.41) is 14.2. The Balaban J connectivity index is 2.10. The van der Waals surface area contributed by atoms with Crippen LogP contribution < -0.4 is 5.32 Å². The van der Waals surface area contributed by atoms with E-state index in [9.17, 15) is 10.1 Å². The normalized spacial score (nSPS) is 10.2. The van der Waals surface area contributed by atoms with Gasteiger partial charge in [-0.1, -0.05) is 33.6 Å². The predicted octanol–water partition coefficient (Wildman–Crippen LogP) is 4.62. The van der Waals surface area contributed by atoms with Crippen LogP contribution >= 0.6 is 27.5 Å². The molecule has 0 amide bonds. The molecule has 98 valence electrons. The third-order valence-electron chi connectivity index (χ3n) is 2.56. The highest BCUT2D eigenvalue weighted by Crippen LogP contribution is 2.24. The van der Waals surface area contributed by atoms with Gasteiger partial charge in [0.25, 0.3) is 5.69 Å². The number of halogens is 2. The minimum atomic E-state index is -0.461. The number of benzene rings is 2. The molecule has 1 N–H and O–H groups in total. The number of hydrogen-bond donors (Lipinski definition) is 1. The molecule has 2 rings (SSSR count). The lowest BCUT2D eigenvalue weighted by Gasteiger charge is -2.08. The van der Waals surface area contributed by atoms with Crippen LogP contribution in [0, 0.1) is 10.1 Å². The molecule has 0 aromatic heterocycles. The Bertz CT molecular complexity index is 619. The fourth-order valence-corrected chi connectivity index (χ4v) is 2.23. The van der Waals surface area contributed by atoms with Gasteiger partial charge in [0.2, 0.25) is 0 Å². The molecule has 4 nitrogen and oxygen atoms in total. The minimum absolute atomic E-state index is 0.00351. The third kappa shape index (κ3) is 3.68. The van der Waals surface area contributed by atoms with Crippen LogP contribution in [0.4, 0.5) is 11.4 Å². The number of non-ortho nitro benzene ring substituents is 1. The molecule has 0 aliphatic heterocycles. The Hall–Kier alpha value is -1.59. The van der Waals surface area contributed by atoms with Gasteiger partial charge >= 0.3 is 0 Å². The second-order valence-electron chi connectivity index (χ2n) is 3.90. The molecule has 2 aromatic rings. The average Bonchev–Trinajstić information content (AvgIpc) is 2.37. The van der Waals surface area contributed by atoms with Gasteiger partial charge in [-0.15, -0.1) is 0 Å². The van der Waals surface area contributed by atoms with E-state index < -0.39 is 4.92 Å². The Morgan fingerprint density at radius 1 is 1.26 bits per heavy atom. The first kappa shape index (κ1) is 13.8. The van der Waals surface area contributed by atoms with Crippen molar-refractivity contribution in [1.29, 1.82) is 0 Å². The molecular formula is C13H10BrClN2O2. The quantitative estimate of drug-likeness (QED) is 0.652. The molecule has 19 heavy (non-hydrogen) atoms. The van der Waals surface area contributed by atoms with Crippen LogP contribution in [0.15, 0.2) is 46.9 Å². The summed E-state index contributed by atoms with van der Waals surface area (Å²) in [5.41, 5.74) is 1.76. The van der Waals surface area contributed by atoms with E-state index in [4.69, 9.17) is 11.6 Å². The molecule has 0 aliphatic carbocycles. The Labute approximate surface area is 123 Å². The van der Waals surface area contributed by atoms with Gasteiger partial charge < -0.3 is 5.32 Å². The molecule has 0 atom stereocenters. The fourth-order valence-electron chi connectivity index (χ4n) is 1.59. The molecule has 0 unspecified atom stereocenters. The summed E-state index contributed by atoms with van der Waals surface area (Å²) in [4.78, 5) is 10.1. The molecule has 0 spiro atoms. The Morgan fingerprint density at radius 3 is 2.68 bits per heavy atom. The van der Waals surface area contributed by atoms with E-state index >= 15 is 0 Å². The largest absolute Gasteiger partial charge is 0.381 e. The van der Waals surface area contributed by atoms with Crippen LogP contribution in [0.2, 0.25) is 5.02 Å². The maximum absolute atomic E-state index is 10.6. The van der Waals surface area contributed by atoms with Crippen molar-refractivity contribution in [2.24, 2.45) is 0 Å². The van der Waals surface area contributed by atoms with E-state index in [1.807, 2.05) is 24.3 Å². The van der Waals surface area contributed by atoms with Crippen LogP contribution in [-0.2, 0) is 6.54 Å². The summed E-state index contributed by atoms with van der Waals surface area (Å²) in [6.07, 6.45) is 0. The van der Waals surface area contributed by atoms with E-state index in [0.717, 1.165) is 15.7 Å². The molecule has 6 heteroatoms. The van der Waals surface area contributed by atoms with Gasteiger partial charge in [-0.05, 0) is 29.8 Å². The van der Waals surface area contributed by atoms with E-state index in [-0.39, 0.29) is 5.69 Å². The summed E-state index contributed by atoms with van der Waals surface area (Å²) in [6.45, 7) is 0.507. The second-order valence-corrected chi connectivity index (χ2v) is 5.22. The smallest absolute Gasteiger partial charge is 0.270 e. The van der Waals surface area contributed by atoms with Crippen molar-refractivity contribution in [3.63, 3.8) is 0 Å². The Morgan fingerprint density at radius 2 is 2.05 bits per heavy atom. The summed E-state index contributed by atoms with van der Waals surface area (Å²) in [7, 11) is 0. The number of rotatable bonds is 4. The number of nitrogens with one attached hydrogen (secondary N) is 1. The molecule has 0 bridgehead atoms. The first-order valence-electron chi connectivity index (χ1n) is 5.48. The van der Waals surface area contributed by atoms with Crippen molar-refractivity contribution in [3.8, 4) is 0 Å². The molecule has 2 aromatic carbocycles. The molecule has 0 radical (unpaired) electrons. The zero-order chi connectivity index (χ0) is 13.8. The molecule has 0 aliphatic rings. The number of nitrogens with zero attached hydrogens (tertiary/aromatic N) is 1. The van der Waals surface area contributed by atoms with Gasteiger partial charge in [-0.3, -0.25) is 10.1 Å². The van der Waals surface area contributed by atoms with Gasteiger partial charge in [0.15, 0.2) is 0 Å². The van der Waals surface area contributed by atoms with E-state index in [1.165, 1.54) is 12.1 Å². The maximum atomic E-state index is 10.6. The summed E-state index contributed by atoms with van der Waals surface area (Å²) < 4.78 is 0.979. The first-order valence-corrected chi connectivity index (χ1v) is 6.65. The third-order valence-corrected chi connectivity index (χ3v) is 3.40. The van der Waals surface area contributed by atoms with Crippen molar-refractivity contribution in [2.75, 3.05) is 5.32 Å². The van der Waals surface area contributed by atoms with Crippen molar-refractivity contribution >= 4 is 38.9 Å². The zero-order valence-corrected chi connectivity index (χ0v) is 12.1. The number of anilines is 1. The summed E-state index contributed by atoms with van der Waals surface area (Å²) in [6, 6.07) is 12.2. The van der Waals surface area contributed by atoms with Crippen LogP contribution in [0.1, 0.15) is 5.56 Å². The van der Waals surface area contributed by atoms with Gasteiger partial charge in [0.05, 0.1) is 9.95 Å². The first-order chi connectivity index (χ1) is 9.06. The minimum Gasteiger partial charge on any atom is -0.381 e. The van der Waals surface area contributed by atoms with Crippen LogP contribution in [0.5, 0.6) is 0 Å². The van der Waals surface area contributed by atoms with Crippen LogP contribution in [0.3, 0.4) is 0 Å². The zero-order valence-electron chi connectivity index (χ0n) is 9.77. The van der Waals surface area contributed by atoms with Crippen molar-refractivity contribution < 1.29 is 4.92 Å². The monoisotopic (exact) mass is 340 g/mol. The lowest BCUT2D eigenvalue weighted by atomic mass is 10.2. The van der Waals surface area contributed by atoms with Crippen LogP contribution in [0.25, 0.3) is 0 Å². The number of hydrogen-bond acceptors (Lipinski definition) is 3. The lowest BCUT2D eigenvalue weighted by Crippen LogP contribution is -2.00. The summed E-state index contributed by atoms with van der Waals surface area (Å²) >= 11 is 9.40. The highest BCUT2D eigenvalue weighted by atomic mass is 79.9. The van der Waals surface area contributed by atoms with E-state index in [0.29, 0.717) is 11.6 Å². The average molecular weight is 342 g/mol. The number of nitro benzene ring substituents is 1. The second kappa shape index (κ2) is 6.04. The molecule has 0 heterocycles. The van der Waals surface area contributed by atoms with Crippen molar-refractivity contribution in [2.45, 2.75) is 6.54 Å². The van der Waals surface area contributed by atoms with Gasteiger partial charge in [-0.25, -0.2) is 0 Å². The Kier molecular flexibility index (Phi) is 4.39.